The molecule has 0 spiro atoms. The van der Waals surface area contributed by atoms with Gasteiger partial charge in [-0.25, -0.2) is 24.8 Å². The van der Waals surface area contributed by atoms with Crippen molar-refractivity contribution < 1.29 is 14.3 Å². The average molecular weight is 423 g/mol. The molecule has 11 heteroatoms. The van der Waals surface area contributed by atoms with E-state index < -0.39 is 23.4 Å². The number of hydrogen-bond donors (Lipinski definition) is 3. The van der Waals surface area contributed by atoms with Crippen LogP contribution in [0.15, 0.2) is 9.59 Å². The second-order valence-corrected chi connectivity index (χ2v) is 9.38. The summed E-state index contributed by atoms with van der Waals surface area (Å²) in [5.74, 6) is 0.285. The van der Waals surface area contributed by atoms with Gasteiger partial charge in [-0.2, -0.15) is 0 Å². The molecule has 1 aliphatic rings. The lowest BCUT2D eigenvalue weighted by Gasteiger charge is -2.24. The number of nitrogens with zero attached hydrogens (tertiary/aromatic N) is 2. The van der Waals surface area contributed by atoms with E-state index in [0.717, 1.165) is 11.4 Å². The fourth-order valence-corrected chi connectivity index (χ4v) is 4.29. The first-order chi connectivity index (χ1) is 13.4. The van der Waals surface area contributed by atoms with Crippen LogP contribution in [0.4, 0.5) is 9.59 Å². The monoisotopic (exact) mass is 423 g/mol. The number of fused-ring (bicyclic) bond motifs is 1. The molecule has 29 heavy (non-hydrogen) atoms. The van der Waals surface area contributed by atoms with Gasteiger partial charge in [0.2, 0.25) is 0 Å². The van der Waals surface area contributed by atoms with Gasteiger partial charge in [0.1, 0.15) is 10.4 Å². The molecule has 3 rings (SSSR count). The molecule has 3 amide bonds. The third kappa shape index (κ3) is 4.29. The van der Waals surface area contributed by atoms with E-state index in [1.807, 2.05) is 6.92 Å². The van der Waals surface area contributed by atoms with Crippen LogP contribution in [-0.4, -0.2) is 32.3 Å². The van der Waals surface area contributed by atoms with E-state index in [4.69, 9.17) is 10.5 Å². The van der Waals surface area contributed by atoms with Crippen LogP contribution < -0.4 is 22.4 Å². The van der Waals surface area contributed by atoms with E-state index >= 15 is 0 Å². The van der Waals surface area contributed by atoms with E-state index in [1.165, 1.54) is 15.9 Å². The second kappa shape index (κ2) is 7.21. The minimum Gasteiger partial charge on any atom is -0.443 e. The number of aromatic amines is 1. The van der Waals surface area contributed by atoms with Gasteiger partial charge in [0, 0.05) is 10.9 Å². The first-order valence-electron chi connectivity index (χ1n) is 9.22. The number of primary amides is 1. The van der Waals surface area contributed by atoms with E-state index in [-0.39, 0.29) is 24.1 Å². The molecule has 2 aromatic rings. The fraction of sp³-hybridized carbons (Fsp3) is 0.556. The lowest BCUT2D eigenvalue weighted by Crippen LogP contribution is -2.49. The summed E-state index contributed by atoms with van der Waals surface area (Å²) in [7, 11) is 0. The maximum Gasteiger partial charge on any atom is 0.426 e. The Morgan fingerprint density at radius 2 is 2.00 bits per heavy atom. The molecule has 2 heterocycles. The Balaban J connectivity index is 1.93. The van der Waals surface area contributed by atoms with Gasteiger partial charge >= 0.3 is 17.8 Å². The number of carbonyl (C=O) groups is 2. The summed E-state index contributed by atoms with van der Waals surface area (Å²) < 4.78 is 6.41. The van der Waals surface area contributed by atoms with Crippen molar-refractivity contribution in [3.05, 3.63) is 31.3 Å². The van der Waals surface area contributed by atoms with Crippen LogP contribution in [0.3, 0.4) is 0 Å². The number of rotatable bonds is 3. The number of nitrogens with two attached hydrogens (primary N) is 1. The highest BCUT2D eigenvalue weighted by atomic mass is 32.1. The maximum absolute atomic E-state index is 12.9. The zero-order valence-electron chi connectivity index (χ0n) is 17.0. The van der Waals surface area contributed by atoms with Crippen molar-refractivity contribution in [1.29, 1.82) is 0 Å². The summed E-state index contributed by atoms with van der Waals surface area (Å²) in [6, 6.07) is -0.972. The molecule has 1 aliphatic carbocycles. The lowest BCUT2D eigenvalue weighted by molar-refractivity contribution is 0.0376. The summed E-state index contributed by atoms with van der Waals surface area (Å²) >= 11 is 1.17. The number of hydrogen-bond acceptors (Lipinski definition) is 6. The number of urea groups is 1. The Morgan fingerprint density at radius 3 is 2.52 bits per heavy atom. The molecule has 0 bridgehead atoms. The largest absolute Gasteiger partial charge is 0.443 e. The molecular weight excluding hydrogens is 398 g/mol. The molecule has 0 radical (unpaired) electrons. The highest BCUT2D eigenvalue weighted by Crippen LogP contribution is 2.41. The molecule has 1 saturated carbocycles. The number of nitrogens with one attached hydrogen (secondary N) is 2. The highest BCUT2D eigenvalue weighted by Gasteiger charge is 2.37. The van der Waals surface area contributed by atoms with Gasteiger partial charge < -0.3 is 10.5 Å². The second-order valence-electron chi connectivity index (χ2n) is 8.28. The Kier molecular flexibility index (Phi) is 5.20. The molecule has 4 N–H and O–H groups in total. The Morgan fingerprint density at radius 1 is 1.38 bits per heavy atom. The van der Waals surface area contributed by atoms with Crippen LogP contribution >= 0.6 is 11.3 Å². The fourth-order valence-electron chi connectivity index (χ4n) is 3.12. The SMILES string of the molecule is Cc1c(CN(NC(=O)OC(C)(C)C)C(N)=O)sc2[nH]c(=O)n([C@H]3C[C@@H]3C)c(=O)c12. The zero-order chi connectivity index (χ0) is 21.7. The van der Waals surface area contributed by atoms with Crippen molar-refractivity contribution in [3.63, 3.8) is 0 Å². The van der Waals surface area contributed by atoms with Crippen LogP contribution in [0, 0.1) is 12.8 Å². The van der Waals surface area contributed by atoms with E-state index in [0.29, 0.717) is 20.7 Å². The number of amides is 3. The number of hydrazine groups is 1. The van der Waals surface area contributed by atoms with E-state index in [9.17, 15) is 19.2 Å². The molecule has 0 saturated heterocycles. The van der Waals surface area contributed by atoms with Crippen molar-refractivity contribution in [2.24, 2.45) is 11.7 Å². The number of ether oxygens (including phenoxy) is 1. The minimum absolute atomic E-state index is 0.0684. The quantitative estimate of drug-likeness (QED) is 0.648. The third-order valence-electron chi connectivity index (χ3n) is 4.71. The Hall–Kier alpha value is -2.82. The summed E-state index contributed by atoms with van der Waals surface area (Å²) in [4.78, 5) is 52.9. The molecule has 2 atom stereocenters. The zero-order valence-corrected chi connectivity index (χ0v) is 17.8. The van der Waals surface area contributed by atoms with Crippen molar-refractivity contribution in [2.45, 2.75) is 59.2 Å². The molecule has 0 unspecified atom stereocenters. The summed E-state index contributed by atoms with van der Waals surface area (Å²) in [6.45, 7) is 8.74. The summed E-state index contributed by atoms with van der Waals surface area (Å²) in [6.07, 6.45) is -0.0340. The molecular formula is C18H25N5O5S. The third-order valence-corrected chi connectivity index (χ3v) is 5.90. The summed E-state index contributed by atoms with van der Waals surface area (Å²) in [5, 5.41) is 1.32. The van der Waals surface area contributed by atoms with E-state index in [2.05, 4.69) is 10.4 Å². The lowest BCUT2D eigenvalue weighted by atomic mass is 10.2. The number of thiophene rings is 1. The van der Waals surface area contributed by atoms with Crippen molar-refractivity contribution >= 4 is 33.7 Å². The van der Waals surface area contributed by atoms with Gasteiger partial charge in [0.15, 0.2) is 0 Å². The predicted octanol–water partition coefficient (Wildman–Crippen LogP) is 1.96. The van der Waals surface area contributed by atoms with Crippen LogP contribution in [0.25, 0.3) is 10.2 Å². The molecule has 10 nitrogen and oxygen atoms in total. The maximum atomic E-state index is 12.9. The topological polar surface area (TPSA) is 140 Å². The normalized spacial score (nSPS) is 18.5. The highest BCUT2D eigenvalue weighted by molar-refractivity contribution is 7.18. The molecule has 0 aliphatic heterocycles. The molecule has 2 aromatic heterocycles. The average Bonchev–Trinajstić information content (AvgIpc) is 3.17. The molecule has 158 valence electrons. The number of aryl methyl sites for hydroxylation is 1. The standard InChI is InChI=1S/C18H25N5O5S/c1-8-6-10(8)23-14(24)12-9(2)11(29-13(12)20-16(23)26)7-22(15(19)25)21-17(27)28-18(3,4)5/h8,10H,6-7H2,1-5H3,(H2,19,25)(H,20,26)(H,21,27)/t8-,10-/m0/s1. The van der Waals surface area contributed by atoms with Crippen molar-refractivity contribution in [2.75, 3.05) is 0 Å². The Labute approximate surface area is 170 Å². The van der Waals surface area contributed by atoms with Gasteiger partial charge in [-0.3, -0.25) is 14.3 Å². The summed E-state index contributed by atoms with van der Waals surface area (Å²) in [5.41, 5.74) is 6.79. The van der Waals surface area contributed by atoms with Gasteiger partial charge in [-0.05, 0) is 45.6 Å². The minimum atomic E-state index is -0.884. The first-order valence-corrected chi connectivity index (χ1v) is 10.0. The van der Waals surface area contributed by atoms with Gasteiger partial charge in [0.25, 0.3) is 5.56 Å². The smallest absolute Gasteiger partial charge is 0.426 e. The van der Waals surface area contributed by atoms with Crippen molar-refractivity contribution in [1.82, 2.24) is 20.0 Å². The van der Waals surface area contributed by atoms with Crippen LogP contribution in [-0.2, 0) is 11.3 Å². The van der Waals surface area contributed by atoms with E-state index in [1.54, 1.807) is 27.7 Å². The molecule has 1 fully saturated rings. The number of H-pyrrole nitrogens is 1. The van der Waals surface area contributed by atoms with Crippen LogP contribution in [0.5, 0.6) is 0 Å². The number of carbonyl (C=O) groups excluding carboxylic acids is 2. The molecule has 0 aromatic carbocycles. The van der Waals surface area contributed by atoms with Gasteiger partial charge in [-0.15, -0.1) is 11.3 Å². The van der Waals surface area contributed by atoms with Gasteiger partial charge in [-0.1, -0.05) is 6.92 Å². The van der Waals surface area contributed by atoms with Crippen LogP contribution in [0.1, 0.15) is 50.6 Å². The Bertz CT molecular complexity index is 1090. The predicted molar refractivity (Wildman–Crippen MR) is 109 cm³/mol. The van der Waals surface area contributed by atoms with Crippen molar-refractivity contribution in [3.8, 4) is 0 Å². The van der Waals surface area contributed by atoms with Gasteiger partial charge in [0.05, 0.1) is 11.9 Å². The number of aromatic nitrogens is 2. The van der Waals surface area contributed by atoms with Crippen LogP contribution in [0.2, 0.25) is 0 Å². The first kappa shape index (κ1) is 20.9.